The largest absolute Gasteiger partial charge is 0.389 e. The fourth-order valence-corrected chi connectivity index (χ4v) is 4.67. The molecule has 25 nitrogen and oxygen atoms in total. The van der Waals surface area contributed by atoms with Gasteiger partial charge in [0, 0.05) is 51.7 Å². The number of nitrogens with two attached hydrogens (primary N) is 1. The van der Waals surface area contributed by atoms with Gasteiger partial charge in [0.05, 0.1) is 44.0 Å². The quantitative estimate of drug-likeness (QED) is 0.0346. The standard InChI is InChI=1S/C10H10O2.C8H14O3.C8H10.C7H13NO2.C6H11NO2.C6H10O4.C6H10O3.C6H8O2.C5H8O2.C4H10O.C4H8O.C3H6O.C3H8/c1-9(11)7-5-3-4-6-8-10(2)12;1-6(9)4-8(3,11)5-7(2)10;1-3-5-7-8-6-4-2;1-6(9)4-8(3)5-7(2)10;1-4(8)3-6(7)5(2)9;1-3(7)5(9)6(10)4(2)8;1-5(7)3-9-4-6(2)8;1-5(7)3-4-6(2)8;1-4(6)3-5(2)7;1-3-5-4-2;1-3-4(2)5;1-3(2)4;1-3-2/h7-8H2,1-2H3;11H,4-5H2,1-3H3;3-4H2,1-2H3;4-5H2,1-3H3;6H,3,7H2,1-2H3;5-6,9-10H,1-2H3;3-4H2,1-2H3;3-4H,1-2H3;3H2,1-2H3;3-4H2,1-2H3;3H2,1-2H3;1-2H3;3H2,1-2H3. The molecular formula is C76H126N2O23. The summed E-state index contributed by atoms with van der Waals surface area (Å²) >= 11 is 0. The van der Waals surface area contributed by atoms with Crippen LogP contribution in [0.15, 0.2) is 12.2 Å². The van der Waals surface area contributed by atoms with E-state index in [1.54, 1.807) is 18.9 Å². The Kier molecular flexibility index (Phi) is 109. The van der Waals surface area contributed by atoms with Gasteiger partial charge in [0.2, 0.25) is 0 Å². The maximum atomic E-state index is 10.6. The number of aliphatic hydroxyl groups excluding tert-OH is 2. The molecule has 101 heavy (non-hydrogen) atoms. The van der Waals surface area contributed by atoms with E-state index >= 15 is 0 Å². The molecule has 0 saturated heterocycles. The van der Waals surface area contributed by atoms with E-state index < -0.39 is 35.4 Å². The van der Waals surface area contributed by atoms with Crippen molar-refractivity contribution in [1.29, 1.82) is 0 Å². The minimum absolute atomic E-state index is 0.0240. The van der Waals surface area contributed by atoms with Crippen LogP contribution >= 0.6 is 0 Å². The molecule has 0 fully saturated rings. The van der Waals surface area contributed by atoms with Gasteiger partial charge in [-0.15, -0.1) is 0 Å². The minimum Gasteiger partial charge on any atom is -0.389 e. The summed E-state index contributed by atoms with van der Waals surface area (Å²) in [6.45, 7) is 45.0. The van der Waals surface area contributed by atoms with Gasteiger partial charge in [-0.25, -0.2) is 0 Å². The Morgan fingerprint density at radius 3 is 0.832 bits per heavy atom. The van der Waals surface area contributed by atoms with Crippen molar-refractivity contribution in [2.75, 3.05) is 46.6 Å². The van der Waals surface area contributed by atoms with Crippen molar-refractivity contribution < 1.29 is 111 Å². The first-order valence-electron chi connectivity index (χ1n) is 32.3. The number of nitrogens with zero attached hydrogens (tertiary/aromatic N) is 1. The van der Waals surface area contributed by atoms with Crippen molar-refractivity contribution in [2.24, 2.45) is 5.73 Å². The molecule has 0 saturated carbocycles. The highest BCUT2D eigenvalue weighted by Gasteiger charge is 2.25. The summed E-state index contributed by atoms with van der Waals surface area (Å²) in [7, 11) is 1.75. The van der Waals surface area contributed by atoms with Crippen LogP contribution in [0.1, 0.15) is 251 Å². The number of Topliss-reactive ketones (excluding diaryl/α,β-unsaturated/α-hetero) is 16. The van der Waals surface area contributed by atoms with Crippen LogP contribution in [0.25, 0.3) is 0 Å². The normalized spacial score (nSPS) is 9.63. The fraction of sp³-hybridized carbons (Fsp3) is 0.632. The van der Waals surface area contributed by atoms with Gasteiger partial charge < -0.3 is 40.1 Å². The molecule has 0 radical (unpaired) electrons. The van der Waals surface area contributed by atoms with Gasteiger partial charge in [0.15, 0.2) is 34.7 Å². The maximum Gasteiger partial charge on any atom is 0.161 e. The highest BCUT2D eigenvalue weighted by atomic mass is 16.5. The van der Waals surface area contributed by atoms with Crippen molar-refractivity contribution in [3.05, 3.63) is 12.2 Å². The molecule has 25 heteroatoms. The van der Waals surface area contributed by atoms with Gasteiger partial charge in [-0.1, -0.05) is 64.7 Å². The third kappa shape index (κ3) is 188. The average Bonchev–Trinajstić information content (AvgIpc) is 0.936. The van der Waals surface area contributed by atoms with Crippen LogP contribution in [0, 0.1) is 47.4 Å². The third-order valence-electron chi connectivity index (χ3n) is 8.48. The zero-order valence-corrected chi connectivity index (χ0v) is 66.2. The molecule has 5 N–H and O–H groups in total. The van der Waals surface area contributed by atoms with E-state index in [0.29, 0.717) is 19.5 Å². The number of hydrogen-bond donors (Lipinski definition) is 4. The molecule has 0 aliphatic heterocycles. The molecule has 578 valence electrons. The van der Waals surface area contributed by atoms with Gasteiger partial charge in [-0.3, -0.25) is 81.6 Å². The fourth-order valence-electron chi connectivity index (χ4n) is 4.67. The molecule has 0 aromatic heterocycles. The molecule has 0 aliphatic rings. The number of carbonyl (C=O) groups is 18. The van der Waals surface area contributed by atoms with Crippen LogP contribution in [0.4, 0.5) is 0 Å². The van der Waals surface area contributed by atoms with Crippen molar-refractivity contribution in [3.8, 4) is 47.4 Å². The molecule has 3 unspecified atom stereocenters. The molecule has 0 aromatic carbocycles. The van der Waals surface area contributed by atoms with Crippen molar-refractivity contribution in [3.63, 3.8) is 0 Å². The Hall–Kier alpha value is -8.24. The predicted molar refractivity (Wildman–Crippen MR) is 394 cm³/mol. The van der Waals surface area contributed by atoms with Crippen molar-refractivity contribution in [1.82, 2.24) is 4.90 Å². The Morgan fingerprint density at radius 1 is 0.416 bits per heavy atom. The molecule has 0 aromatic rings. The zero-order valence-electron chi connectivity index (χ0n) is 66.2. The SMILES string of the molecule is CC(=O)C(O)C(O)C(C)=O.CC(=O)C=CC(C)=O.CC(=O)CC#CC#CCC(C)=O.CC(=O)CC(C)(O)CC(C)=O.CC(=O)CC(C)=O.CC(=O)CC(N)C(C)=O.CC(=O)CN(C)CC(C)=O.CC(=O)COCC(C)=O.CC(C)=O.CCC.CCC#CC#CCC.CCC(C)=O.CCOCC. The lowest BCUT2D eigenvalue weighted by molar-refractivity contribution is -0.140. The van der Waals surface area contributed by atoms with E-state index in [9.17, 15) is 91.4 Å². The molecule has 0 rings (SSSR count). The summed E-state index contributed by atoms with van der Waals surface area (Å²) in [6.07, 6.45) is 3.88. The molecule has 0 aliphatic carbocycles. The van der Waals surface area contributed by atoms with Gasteiger partial charge in [-0.2, -0.15) is 0 Å². The van der Waals surface area contributed by atoms with E-state index in [1.165, 1.54) is 136 Å². The highest BCUT2D eigenvalue weighted by Crippen LogP contribution is 2.14. The van der Waals surface area contributed by atoms with Crippen LogP contribution in [-0.4, -0.2) is 195 Å². The second kappa shape index (κ2) is 89.8. The summed E-state index contributed by atoms with van der Waals surface area (Å²) in [5, 5.41) is 26.9. The van der Waals surface area contributed by atoms with Crippen molar-refractivity contribution in [2.45, 2.75) is 275 Å². The second-order valence-electron chi connectivity index (χ2n) is 22.2. The number of allylic oxidation sites excluding steroid dienone is 2. The Labute approximate surface area is 604 Å². The maximum absolute atomic E-state index is 10.6. The number of rotatable bonds is 27. The molecule has 0 bridgehead atoms. The smallest absolute Gasteiger partial charge is 0.161 e. The number of ketones is 18. The number of likely N-dealkylation sites (N-methyl/N-ethyl adjacent to an activating group) is 1. The molecular weight excluding hydrogens is 1310 g/mol. The molecule has 0 heterocycles. The van der Waals surface area contributed by atoms with Crippen molar-refractivity contribution >= 4 is 104 Å². The second-order valence-corrected chi connectivity index (χ2v) is 22.2. The van der Waals surface area contributed by atoms with Crippen LogP contribution in [0.3, 0.4) is 0 Å². The Morgan fingerprint density at radius 2 is 0.693 bits per heavy atom. The Balaban J connectivity index is -0.0000000764. The average molecular weight is 1440 g/mol. The first kappa shape index (κ1) is 123. The van der Waals surface area contributed by atoms with Gasteiger partial charge in [-0.05, 0) is 195 Å². The summed E-state index contributed by atoms with van der Waals surface area (Å²) in [5.74, 6) is 19.9. The molecule has 0 spiro atoms. The van der Waals surface area contributed by atoms with Gasteiger partial charge in [0.1, 0.15) is 94.8 Å². The zero-order chi connectivity index (χ0) is 83.0. The van der Waals surface area contributed by atoms with Gasteiger partial charge in [0.25, 0.3) is 0 Å². The summed E-state index contributed by atoms with van der Waals surface area (Å²) < 4.78 is 9.49. The molecule has 3 atom stereocenters. The predicted octanol–water partition coefficient (Wildman–Crippen LogP) is 7.82. The Bertz CT molecular complexity index is 2590. The topological polar surface area (TPSA) is 416 Å². The van der Waals surface area contributed by atoms with E-state index in [-0.39, 0.29) is 144 Å². The lowest BCUT2D eigenvalue weighted by Crippen LogP contribution is -2.37. The van der Waals surface area contributed by atoms with E-state index in [4.69, 9.17) is 20.7 Å². The van der Waals surface area contributed by atoms with Crippen LogP contribution < -0.4 is 5.73 Å². The van der Waals surface area contributed by atoms with Crippen LogP contribution in [0.2, 0.25) is 0 Å². The highest BCUT2D eigenvalue weighted by molar-refractivity contribution is 5.97. The summed E-state index contributed by atoms with van der Waals surface area (Å²) in [5.41, 5.74) is 4.09. The minimum atomic E-state index is -1.57. The third-order valence-corrected chi connectivity index (χ3v) is 8.48. The molecule has 0 amide bonds. The monoisotopic (exact) mass is 1430 g/mol. The first-order valence-corrected chi connectivity index (χ1v) is 32.3. The number of aliphatic hydroxyl groups is 3. The van der Waals surface area contributed by atoms with Crippen LogP contribution in [-0.2, 0) is 95.8 Å². The number of hydrogen-bond acceptors (Lipinski definition) is 25. The van der Waals surface area contributed by atoms with Crippen LogP contribution in [0.5, 0.6) is 0 Å². The lowest BCUT2D eigenvalue weighted by Gasteiger charge is -2.19. The van der Waals surface area contributed by atoms with E-state index in [2.05, 4.69) is 65.9 Å². The van der Waals surface area contributed by atoms with E-state index in [0.717, 1.165) is 39.9 Å². The number of ether oxygens (including phenoxy) is 2. The lowest BCUT2D eigenvalue weighted by atomic mass is 9.94. The van der Waals surface area contributed by atoms with E-state index in [1.807, 2.05) is 34.6 Å². The summed E-state index contributed by atoms with van der Waals surface area (Å²) in [4.78, 5) is 186. The summed E-state index contributed by atoms with van der Waals surface area (Å²) in [6, 6.07) is -0.595. The number of carbonyl (C=O) groups excluding carboxylic acids is 18. The van der Waals surface area contributed by atoms with Gasteiger partial charge >= 0.3 is 0 Å². The first-order chi connectivity index (χ1) is 46.1.